The SMILES string of the molecule is NC(=NC(=O)O)c1ccccn1. The minimum Gasteiger partial charge on any atom is -0.463 e. The quantitative estimate of drug-likeness (QED) is 0.467. The van der Waals surface area contributed by atoms with E-state index in [1.807, 2.05) is 0 Å². The fraction of sp³-hybridized carbons (Fsp3) is 0. The fourth-order valence-electron chi connectivity index (χ4n) is 0.675. The summed E-state index contributed by atoms with van der Waals surface area (Å²) in [5, 5.41) is 8.25. The molecule has 62 valence electrons. The Labute approximate surface area is 68.6 Å². The summed E-state index contributed by atoms with van der Waals surface area (Å²) in [6, 6.07) is 4.99. The number of aromatic nitrogens is 1. The minimum atomic E-state index is -1.32. The molecule has 0 aliphatic heterocycles. The van der Waals surface area contributed by atoms with E-state index in [1.165, 1.54) is 6.20 Å². The zero-order valence-electron chi connectivity index (χ0n) is 6.14. The molecule has 0 radical (unpaired) electrons. The molecule has 0 atom stereocenters. The van der Waals surface area contributed by atoms with Crippen molar-refractivity contribution in [3.63, 3.8) is 0 Å². The van der Waals surface area contributed by atoms with Crippen LogP contribution in [0.2, 0.25) is 0 Å². The molecule has 12 heavy (non-hydrogen) atoms. The van der Waals surface area contributed by atoms with Gasteiger partial charge in [-0.3, -0.25) is 4.98 Å². The lowest BCUT2D eigenvalue weighted by molar-refractivity contribution is 0.205. The van der Waals surface area contributed by atoms with E-state index >= 15 is 0 Å². The predicted molar refractivity (Wildman–Crippen MR) is 43.0 cm³/mol. The molecule has 0 saturated carbocycles. The van der Waals surface area contributed by atoms with E-state index in [2.05, 4.69) is 9.98 Å². The van der Waals surface area contributed by atoms with Crippen molar-refractivity contribution in [3.8, 4) is 0 Å². The van der Waals surface area contributed by atoms with Gasteiger partial charge in [0.05, 0.1) is 0 Å². The number of hydrogen-bond donors (Lipinski definition) is 2. The van der Waals surface area contributed by atoms with Crippen LogP contribution in [0.3, 0.4) is 0 Å². The van der Waals surface area contributed by atoms with Gasteiger partial charge in [0.15, 0.2) is 5.84 Å². The topological polar surface area (TPSA) is 88.6 Å². The lowest BCUT2D eigenvalue weighted by atomic mass is 10.3. The molecule has 0 aliphatic carbocycles. The predicted octanol–water partition coefficient (Wildman–Crippen LogP) is 0.465. The van der Waals surface area contributed by atoms with Gasteiger partial charge in [0, 0.05) is 6.20 Å². The number of aliphatic imine (C=N–C) groups is 1. The number of amides is 1. The Hall–Kier alpha value is -1.91. The van der Waals surface area contributed by atoms with Gasteiger partial charge in [-0.15, -0.1) is 0 Å². The van der Waals surface area contributed by atoms with Gasteiger partial charge in [-0.05, 0) is 12.1 Å². The van der Waals surface area contributed by atoms with Crippen molar-refractivity contribution in [1.29, 1.82) is 0 Å². The number of nitrogens with zero attached hydrogens (tertiary/aromatic N) is 2. The van der Waals surface area contributed by atoms with Gasteiger partial charge < -0.3 is 10.8 Å². The zero-order valence-corrected chi connectivity index (χ0v) is 6.14. The number of rotatable bonds is 1. The Bertz CT molecular complexity index is 308. The molecule has 1 amide bonds. The maximum Gasteiger partial charge on any atom is 0.433 e. The molecule has 0 spiro atoms. The molecule has 0 unspecified atom stereocenters. The monoisotopic (exact) mass is 165 g/mol. The first-order valence-corrected chi connectivity index (χ1v) is 3.18. The van der Waals surface area contributed by atoms with Crippen molar-refractivity contribution >= 4 is 11.9 Å². The molecular weight excluding hydrogens is 158 g/mol. The van der Waals surface area contributed by atoms with Crippen LogP contribution in [0, 0.1) is 0 Å². The molecule has 0 fully saturated rings. The molecule has 0 aliphatic rings. The summed E-state index contributed by atoms with van der Waals surface area (Å²) in [5.41, 5.74) is 5.66. The first-order chi connectivity index (χ1) is 5.70. The van der Waals surface area contributed by atoms with Crippen molar-refractivity contribution in [1.82, 2.24) is 4.98 Å². The molecule has 0 bridgehead atoms. The highest BCUT2D eigenvalue weighted by Crippen LogP contribution is 1.92. The van der Waals surface area contributed by atoms with Crippen LogP contribution in [0.5, 0.6) is 0 Å². The lowest BCUT2D eigenvalue weighted by Crippen LogP contribution is -2.16. The second-order valence-electron chi connectivity index (χ2n) is 1.99. The van der Waals surface area contributed by atoms with E-state index in [9.17, 15) is 4.79 Å². The number of hydrogen-bond acceptors (Lipinski definition) is 2. The van der Waals surface area contributed by atoms with Crippen molar-refractivity contribution in [2.75, 3.05) is 0 Å². The van der Waals surface area contributed by atoms with Crippen LogP contribution in [0.25, 0.3) is 0 Å². The maximum absolute atomic E-state index is 10.1. The third-order valence-corrected chi connectivity index (χ3v) is 1.14. The molecule has 1 heterocycles. The molecule has 5 nitrogen and oxygen atoms in total. The molecule has 5 heteroatoms. The Kier molecular flexibility index (Phi) is 2.37. The number of nitrogens with two attached hydrogens (primary N) is 1. The molecular formula is C7H7N3O2. The van der Waals surface area contributed by atoms with Crippen LogP contribution < -0.4 is 5.73 Å². The molecule has 0 aromatic carbocycles. The van der Waals surface area contributed by atoms with Crippen LogP contribution in [-0.2, 0) is 0 Å². The van der Waals surface area contributed by atoms with Crippen molar-refractivity contribution in [2.24, 2.45) is 10.7 Å². The van der Waals surface area contributed by atoms with Gasteiger partial charge in [-0.2, -0.15) is 4.99 Å². The van der Waals surface area contributed by atoms with Crippen LogP contribution in [0.4, 0.5) is 4.79 Å². The van der Waals surface area contributed by atoms with E-state index < -0.39 is 6.09 Å². The fourth-order valence-corrected chi connectivity index (χ4v) is 0.675. The Morgan fingerprint density at radius 1 is 1.58 bits per heavy atom. The summed E-state index contributed by atoms with van der Waals surface area (Å²) in [6.07, 6.45) is 0.192. The Balaban J connectivity index is 2.93. The van der Waals surface area contributed by atoms with Crippen LogP contribution >= 0.6 is 0 Å². The van der Waals surface area contributed by atoms with E-state index in [0.29, 0.717) is 5.69 Å². The van der Waals surface area contributed by atoms with Gasteiger partial charge in [0.25, 0.3) is 0 Å². The molecule has 1 rings (SSSR count). The average Bonchev–Trinajstić information content (AvgIpc) is 2.05. The van der Waals surface area contributed by atoms with Gasteiger partial charge in [-0.25, -0.2) is 4.79 Å². The third kappa shape index (κ3) is 2.05. The second-order valence-corrected chi connectivity index (χ2v) is 1.99. The summed E-state index contributed by atoms with van der Waals surface area (Å²) < 4.78 is 0. The first-order valence-electron chi connectivity index (χ1n) is 3.18. The lowest BCUT2D eigenvalue weighted by Gasteiger charge is -1.95. The summed E-state index contributed by atoms with van der Waals surface area (Å²) in [6.45, 7) is 0. The summed E-state index contributed by atoms with van der Waals surface area (Å²) in [7, 11) is 0. The van der Waals surface area contributed by atoms with Gasteiger partial charge in [-0.1, -0.05) is 6.07 Å². The van der Waals surface area contributed by atoms with Gasteiger partial charge >= 0.3 is 6.09 Å². The second kappa shape index (κ2) is 3.47. The van der Waals surface area contributed by atoms with E-state index in [4.69, 9.17) is 10.8 Å². The highest BCUT2D eigenvalue weighted by atomic mass is 16.4. The highest BCUT2D eigenvalue weighted by Gasteiger charge is 1.99. The van der Waals surface area contributed by atoms with E-state index in [-0.39, 0.29) is 5.84 Å². The smallest absolute Gasteiger partial charge is 0.433 e. The van der Waals surface area contributed by atoms with Crippen molar-refractivity contribution in [2.45, 2.75) is 0 Å². The standard InChI is InChI=1S/C7H7N3O2/c8-6(10-7(11)12)5-3-1-2-4-9-5/h1-4H,(H2,8,10)(H,11,12). The maximum atomic E-state index is 10.1. The first kappa shape index (κ1) is 8.19. The number of carbonyl (C=O) groups is 1. The average molecular weight is 165 g/mol. The molecule has 0 saturated heterocycles. The Morgan fingerprint density at radius 2 is 2.33 bits per heavy atom. The zero-order chi connectivity index (χ0) is 8.97. The van der Waals surface area contributed by atoms with Crippen molar-refractivity contribution < 1.29 is 9.90 Å². The third-order valence-electron chi connectivity index (χ3n) is 1.14. The summed E-state index contributed by atoms with van der Waals surface area (Å²) in [5.74, 6) is -0.0944. The summed E-state index contributed by atoms with van der Waals surface area (Å²) in [4.78, 5) is 17.0. The molecule has 1 aromatic rings. The molecule has 1 aromatic heterocycles. The Morgan fingerprint density at radius 3 is 2.83 bits per heavy atom. The van der Waals surface area contributed by atoms with E-state index in [0.717, 1.165) is 0 Å². The number of pyridine rings is 1. The van der Waals surface area contributed by atoms with Gasteiger partial charge in [0.2, 0.25) is 0 Å². The molecule has 3 N–H and O–H groups in total. The van der Waals surface area contributed by atoms with Gasteiger partial charge in [0.1, 0.15) is 5.69 Å². The van der Waals surface area contributed by atoms with Crippen LogP contribution in [0.1, 0.15) is 5.69 Å². The highest BCUT2D eigenvalue weighted by molar-refractivity contribution is 6.00. The van der Waals surface area contributed by atoms with Crippen LogP contribution in [0.15, 0.2) is 29.4 Å². The summed E-state index contributed by atoms with van der Waals surface area (Å²) >= 11 is 0. The largest absolute Gasteiger partial charge is 0.463 e. The number of amidine groups is 1. The minimum absolute atomic E-state index is 0.0944. The number of carboxylic acid groups (broad SMARTS) is 1. The van der Waals surface area contributed by atoms with Crippen LogP contribution in [-0.4, -0.2) is 22.0 Å². The van der Waals surface area contributed by atoms with Crippen molar-refractivity contribution in [3.05, 3.63) is 30.1 Å². The van der Waals surface area contributed by atoms with E-state index in [1.54, 1.807) is 18.2 Å². The normalized spacial score (nSPS) is 11.2.